The van der Waals surface area contributed by atoms with Crippen molar-refractivity contribution >= 4 is 12.2 Å². The highest BCUT2D eigenvalue weighted by Gasteiger charge is 2.28. The second-order valence-corrected chi connectivity index (χ2v) is 7.49. The third-order valence-electron chi connectivity index (χ3n) is 5.40. The molecule has 1 aliphatic carbocycles. The Hall–Kier alpha value is -3.44. The lowest BCUT2D eigenvalue weighted by atomic mass is 9.98. The third kappa shape index (κ3) is 4.84. The summed E-state index contributed by atoms with van der Waals surface area (Å²) in [4.78, 5) is 12.2. The summed E-state index contributed by atoms with van der Waals surface area (Å²) in [5, 5.41) is 11.9. The van der Waals surface area contributed by atoms with Gasteiger partial charge in [0.05, 0.1) is 6.61 Å². The fraction of sp³-hybridized carbons (Fsp3) is 0.192. The van der Waals surface area contributed by atoms with Crippen LogP contribution in [0.4, 0.5) is 9.18 Å². The minimum Gasteiger partial charge on any atom is -0.449 e. The molecule has 0 heterocycles. The third-order valence-corrected chi connectivity index (χ3v) is 5.40. The van der Waals surface area contributed by atoms with Gasteiger partial charge in [0.15, 0.2) is 0 Å². The van der Waals surface area contributed by atoms with Crippen LogP contribution in [0.5, 0.6) is 0 Å². The van der Waals surface area contributed by atoms with Crippen molar-refractivity contribution < 1.29 is 19.0 Å². The van der Waals surface area contributed by atoms with Crippen LogP contribution >= 0.6 is 0 Å². The maximum Gasteiger partial charge on any atom is 0.407 e. The second kappa shape index (κ2) is 9.58. The standard InChI is InChI=1S/C26H24FNO3/c27-20-14-18(13-19(15-20)16-29)7-5-6-12-28-26(30)31-17-25-23-10-3-1-8-21(23)22-9-2-4-11-24(22)25/h1-5,7-11,13-15,25,29H,6,12,16-17H2,(H,28,30). The van der Waals surface area contributed by atoms with Gasteiger partial charge in [-0.2, -0.15) is 0 Å². The van der Waals surface area contributed by atoms with E-state index in [4.69, 9.17) is 9.84 Å². The maximum absolute atomic E-state index is 13.5. The second-order valence-electron chi connectivity index (χ2n) is 7.49. The zero-order valence-electron chi connectivity index (χ0n) is 17.1. The minimum absolute atomic E-state index is 0.0340. The van der Waals surface area contributed by atoms with Crippen molar-refractivity contribution in [1.82, 2.24) is 5.32 Å². The van der Waals surface area contributed by atoms with Crippen LogP contribution in [0.25, 0.3) is 17.2 Å². The molecule has 0 bridgehead atoms. The van der Waals surface area contributed by atoms with Gasteiger partial charge in [0.1, 0.15) is 12.4 Å². The zero-order valence-corrected chi connectivity index (χ0v) is 17.1. The number of amides is 1. The first-order chi connectivity index (χ1) is 15.2. The topological polar surface area (TPSA) is 58.6 Å². The number of hydrogen-bond donors (Lipinski definition) is 2. The van der Waals surface area contributed by atoms with Crippen LogP contribution in [0.2, 0.25) is 0 Å². The molecule has 1 aliphatic rings. The van der Waals surface area contributed by atoms with Crippen LogP contribution in [0.1, 0.15) is 34.6 Å². The molecule has 5 heteroatoms. The van der Waals surface area contributed by atoms with Gasteiger partial charge in [-0.05, 0) is 58.0 Å². The monoisotopic (exact) mass is 417 g/mol. The smallest absolute Gasteiger partial charge is 0.407 e. The number of ether oxygens (including phenoxy) is 1. The molecule has 4 rings (SSSR count). The van der Waals surface area contributed by atoms with Crippen molar-refractivity contribution in [3.8, 4) is 11.1 Å². The lowest BCUT2D eigenvalue weighted by Gasteiger charge is -2.14. The lowest BCUT2D eigenvalue weighted by molar-refractivity contribution is 0.143. The molecule has 0 atom stereocenters. The number of benzene rings is 3. The predicted octanol–water partition coefficient (Wildman–Crippen LogP) is 5.26. The van der Waals surface area contributed by atoms with E-state index in [0.29, 0.717) is 24.1 Å². The molecule has 3 aromatic carbocycles. The van der Waals surface area contributed by atoms with Gasteiger partial charge in [-0.15, -0.1) is 0 Å². The Kier molecular flexibility index (Phi) is 6.43. The fourth-order valence-electron chi connectivity index (χ4n) is 3.99. The van der Waals surface area contributed by atoms with Crippen molar-refractivity contribution in [2.24, 2.45) is 0 Å². The normalized spacial score (nSPS) is 12.6. The molecule has 0 aliphatic heterocycles. The van der Waals surface area contributed by atoms with E-state index in [9.17, 15) is 9.18 Å². The van der Waals surface area contributed by atoms with Crippen molar-refractivity contribution in [3.63, 3.8) is 0 Å². The number of fused-ring (bicyclic) bond motifs is 3. The number of alkyl carbamates (subject to hydrolysis) is 1. The Labute approximate surface area is 181 Å². The maximum atomic E-state index is 13.5. The minimum atomic E-state index is -0.455. The molecule has 0 saturated carbocycles. The van der Waals surface area contributed by atoms with Crippen LogP contribution < -0.4 is 5.32 Å². The first-order valence-electron chi connectivity index (χ1n) is 10.3. The Morgan fingerprint density at radius 1 is 1.03 bits per heavy atom. The van der Waals surface area contributed by atoms with Gasteiger partial charge in [0, 0.05) is 12.5 Å². The molecule has 4 nitrogen and oxygen atoms in total. The van der Waals surface area contributed by atoms with Crippen molar-refractivity contribution in [3.05, 3.63) is 101 Å². The van der Waals surface area contributed by atoms with Crippen LogP contribution in [0, 0.1) is 5.82 Å². The molecule has 0 spiro atoms. The number of carbonyl (C=O) groups is 1. The van der Waals surface area contributed by atoms with E-state index in [1.165, 1.54) is 34.4 Å². The van der Waals surface area contributed by atoms with E-state index in [-0.39, 0.29) is 24.9 Å². The van der Waals surface area contributed by atoms with E-state index in [0.717, 1.165) is 0 Å². The molecule has 31 heavy (non-hydrogen) atoms. The Balaban J connectivity index is 1.27. The zero-order chi connectivity index (χ0) is 21.6. The number of aliphatic hydroxyl groups is 1. The van der Waals surface area contributed by atoms with Crippen LogP contribution in [-0.2, 0) is 11.3 Å². The first kappa shape index (κ1) is 20.8. The first-order valence-corrected chi connectivity index (χ1v) is 10.3. The van der Waals surface area contributed by atoms with Crippen molar-refractivity contribution in [2.75, 3.05) is 13.2 Å². The molecule has 0 aromatic heterocycles. The molecule has 2 N–H and O–H groups in total. The molecule has 0 radical (unpaired) electrons. The van der Waals surface area contributed by atoms with E-state index in [2.05, 4.69) is 29.6 Å². The molecule has 158 valence electrons. The summed E-state index contributed by atoms with van der Waals surface area (Å²) >= 11 is 0. The molecule has 0 saturated heterocycles. The van der Waals surface area contributed by atoms with Gasteiger partial charge in [-0.1, -0.05) is 60.7 Å². The number of hydrogen-bond acceptors (Lipinski definition) is 3. The summed E-state index contributed by atoms with van der Waals surface area (Å²) in [6.07, 6.45) is 3.74. The molecular formula is C26H24FNO3. The highest BCUT2D eigenvalue weighted by atomic mass is 19.1. The fourth-order valence-corrected chi connectivity index (χ4v) is 3.99. The summed E-state index contributed by atoms with van der Waals surface area (Å²) in [6.45, 7) is 0.486. The largest absolute Gasteiger partial charge is 0.449 e. The summed E-state index contributed by atoms with van der Waals surface area (Å²) in [6, 6.07) is 20.8. The molecule has 3 aromatic rings. The van der Waals surface area contributed by atoms with E-state index in [1.807, 2.05) is 30.3 Å². The number of halogens is 1. The number of nitrogens with one attached hydrogen (secondary N) is 1. The molecule has 0 unspecified atom stereocenters. The van der Waals surface area contributed by atoms with Crippen molar-refractivity contribution in [1.29, 1.82) is 0 Å². The summed E-state index contributed by atoms with van der Waals surface area (Å²) in [7, 11) is 0. The molecule has 0 fully saturated rings. The summed E-state index contributed by atoms with van der Waals surface area (Å²) < 4.78 is 19.0. The Bertz CT molecular complexity index is 1060. The summed E-state index contributed by atoms with van der Waals surface area (Å²) in [5.74, 6) is -0.352. The Morgan fingerprint density at radius 2 is 1.71 bits per heavy atom. The van der Waals surface area contributed by atoms with E-state index < -0.39 is 6.09 Å². The highest BCUT2D eigenvalue weighted by molar-refractivity contribution is 5.79. The van der Waals surface area contributed by atoms with E-state index >= 15 is 0 Å². The van der Waals surface area contributed by atoms with Gasteiger partial charge in [-0.3, -0.25) is 0 Å². The van der Waals surface area contributed by atoms with Gasteiger partial charge < -0.3 is 15.2 Å². The van der Waals surface area contributed by atoms with Crippen LogP contribution in [0.3, 0.4) is 0 Å². The number of aliphatic hydroxyl groups excluding tert-OH is 1. The predicted molar refractivity (Wildman–Crippen MR) is 119 cm³/mol. The van der Waals surface area contributed by atoms with Gasteiger partial charge >= 0.3 is 6.09 Å². The molecule has 1 amide bonds. The average Bonchev–Trinajstić information content (AvgIpc) is 3.11. The summed E-state index contributed by atoms with van der Waals surface area (Å²) in [5.41, 5.74) is 5.94. The van der Waals surface area contributed by atoms with Gasteiger partial charge in [0.2, 0.25) is 0 Å². The number of carbonyl (C=O) groups excluding carboxylic acids is 1. The quantitative estimate of drug-likeness (QED) is 0.516. The SMILES string of the molecule is O=C(NCCC=Cc1cc(F)cc(CO)c1)OCC1c2ccccc2-c2ccccc21. The highest BCUT2D eigenvalue weighted by Crippen LogP contribution is 2.44. The molecular weight excluding hydrogens is 393 g/mol. The van der Waals surface area contributed by atoms with Crippen molar-refractivity contribution in [2.45, 2.75) is 18.9 Å². The van der Waals surface area contributed by atoms with Crippen LogP contribution in [0.15, 0.2) is 72.8 Å². The average molecular weight is 417 g/mol. The lowest BCUT2D eigenvalue weighted by Crippen LogP contribution is -2.26. The number of rotatable bonds is 7. The van der Waals surface area contributed by atoms with E-state index in [1.54, 1.807) is 12.1 Å². The van der Waals surface area contributed by atoms with Gasteiger partial charge in [0.25, 0.3) is 0 Å². The Morgan fingerprint density at radius 3 is 2.39 bits per heavy atom. The van der Waals surface area contributed by atoms with Gasteiger partial charge in [-0.25, -0.2) is 9.18 Å². The van der Waals surface area contributed by atoms with Crippen LogP contribution in [-0.4, -0.2) is 24.4 Å².